The Labute approximate surface area is 187 Å². The maximum Gasteiger partial charge on any atom is 0.337 e. The van der Waals surface area contributed by atoms with Crippen LogP contribution >= 0.6 is 22.7 Å². The number of carbonyl (C=O) groups is 2. The Bertz CT molecular complexity index is 1190. The van der Waals surface area contributed by atoms with Crippen LogP contribution in [0.4, 0.5) is 5.13 Å². The predicted molar refractivity (Wildman–Crippen MR) is 119 cm³/mol. The summed E-state index contributed by atoms with van der Waals surface area (Å²) in [5.41, 5.74) is 1.86. The van der Waals surface area contributed by atoms with Crippen molar-refractivity contribution in [1.82, 2.24) is 9.29 Å². The number of esters is 1. The predicted octanol–water partition coefficient (Wildman–Crippen LogP) is 3.45. The number of rotatable bonds is 6. The first kappa shape index (κ1) is 21.6. The SMILES string of the molecule is COC(=O)c1ccc(-c2csc(NC(=O)C3CCCN3S(=O)(=O)c3cccs3)n2)cc1. The summed E-state index contributed by atoms with van der Waals surface area (Å²) in [6.45, 7) is 0.313. The van der Waals surface area contributed by atoms with Crippen molar-refractivity contribution < 1.29 is 22.7 Å². The molecule has 1 N–H and O–H groups in total. The summed E-state index contributed by atoms with van der Waals surface area (Å²) in [5.74, 6) is -0.809. The maximum absolute atomic E-state index is 12.9. The minimum absolute atomic E-state index is 0.235. The molecule has 0 spiro atoms. The quantitative estimate of drug-likeness (QED) is 0.545. The molecule has 3 heterocycles. The van der Waals surface area contributed by atoms with E-state index in [1.807, 2.05) is 0 Å². The molecule has 162 valence electrons. The number of sulfonamides is 1. The first-order valence-electron chi connectivity index (χ1n) is 9.40. The summed E-state index contributed by atoms with van der Waals surface area (Å²) < 4.78 is 31.9. The van der Waals surface area contributed by atoms with Crippen LogP contribution in [0.5, 0.6) is 0 Å². The van der Waals surface area contributed by atoms with Gasteiger partial charge in [0.2, 0.25) is 5.91 Å². The summed E-state index contributed by atoms with van der Waals surface area (Å²) in [6, 6.07) is 9.25. The zero-order valence-corrected chi connectivity index (χ0v) is 18.9. The van der Waals surface area contributed by atoms with Crippen LogP contribution in [0.15, 0.2) is 51.4 Å². The first-order chi connectivity index (χ1) is 14.9. The number of carbonyl (C=O) groups excluding carboxylic acids is 2. The largest absolute Gasteiger partial charge is 0.465 e. The number of benzene rings is 1. The van der Waals surface area contributed by atoms with Gasteiger partial charge in [0.1, 0.15) is 10.3 Å². The summed E-state index contributed by atoms with van der Waals surface area (Å²) in [7, 11) is -2.37. The second kappa shape index (κ2) is 8.87. The number of hydrogen-bond donors (Lipinski definition) is 1. The molecule has 1 aliphatic heterocycles. The summed E-state index contributed by atoms with van der Waals surface area (Å²) in [5, 5.41) is 6.63. The Balaban J connectivity index is 1.47. The Morgan fingerprint density at radius 3 is 2.65 bits per heavy atom. The van der Waals surface area contributed by atoms with E-state index in [2.05, 4.69) is 15.0 Å². The van der Waals surface area contributed by atoms with E-state index >= 15 is 0 Å². The highest BCUT2D eigenvalue weighted by Gasteiger charge is 2.40. The lowest BCUT2D eigenvalue weighted by molar-refractivity contribution is -0.119. The fraction of sp³-hybridized carbons (Fsp3) is 0.250. The topological polar surface area (TPSA) is 106 Å². The van der Waals surface area contributed by atoms with Crippen molar-refractivity contribution in [2.24, 2.45) is 0 Å². The van der Waals surface area contributed by atoms with Crippen LogP contribution in [0.25, 0.3) is 11.3 Å². The summed E-state index contributed by atoms with van der Waals surface area (Å²) in [4.78, 5) is 28.8. The number of thiazole rings is 1. The van der Waals surface area contributed by atoms with Gasteiger partial charge in [-0.05, 0) is 36.4 Å². The van der Waals surface area contributed by atoms with Crippen molar-refractivity contribution in [3.63, 3.8) is 0 Å². The number of nitrogens with one attached hydrogen (secondary N) is 1. The molecule has 4 rings (SSSR count). The monoisotopic (exact) mass is 477 g/mol. The van der Waals surface area contributed by atoms with E-state index in [1.165, 1.54) is 22.8 Å². The van der Waals surface area contributed by atoms with E-state index < -0.39 is 22.0 Å². The van der Waals surface area contributed by atoms with E-state index in [4.69, 9.17) is 0 Å². The Morgan fingerprint density at radius 2 is 1.97 bits per heavy atom. The molecule has 2 aromatic heterocycles. The van der Waals surface area contributed by atoms with Crippen molar-refractivity contribution >= 4 is 49.7 Å². The molecule has 0 bridgehead atoms. The first-order valence-corrected chi connectivity index (χ1v) is 12.6. The maximum atomic E-state index is 12.9. The molecular formula is C20H19N3O5S3. The van der Waals surface area contributed by atoms with Crippen molar-refractivity contribution in [2.75, 3.05) is 19.0 Å². The standard InChI is InChI=1S/C20H19N3O5S3/c1-28-19(25)14-8-6-13(7-9-14)15-12-30-20(21-15)22-18(24)16-4-2-10-23(16)31(26,27)17-5-3-11-29-17/h3,5-9,11-12,16H,2,4,10H2,1H3,(H,21,22,24). The third-order valence-electron chi connectivity index (χ3n) is 4.90. The lowest BCUT2D eigenvalue weighted by atomic mass is 10.1. The van der Waals surface area contributed by atoms with Crippen LogP contribution < -0.4 is 5.32 Å². The molecule has 1 atom stereocenters. The molecule has 0 aliphatic carbocycles. The van der Waals surface area contributed by atoms with Crippen molar-refractivity contribution in [3.05, 3.63) is 52.7 Å². The summed E-state index contributed by atoms with van der Waals surface area (Å²) in [6.07, 6.45) is 1.09. The highest BCUT2D eigenvalue weighted by Crippen LogP contribution is 2.30. The number of thiophene rings is 1. The normalized spacial score (nSPS) is 16.9. The van der Waals surface area contributed by atoms with E-state index in [-0.39, 0.29) is 10.1 Å². The van der Waals surface area contributed by atoms with Crippen LogP contribution in [0.3, 0.4) is 0 Å². The number of aromatic nitrogens is 1. The molecule has 11 heteroatoms. The molecule has 1 aromatic carbocycles. The van der Waals surface area contributed by atoms with E-state index in [0.717, 1.165) is 16.9 Å². The molecule has 1 fully saturated rings. The Morgan fingerprint density at radius 1 is 1.19 bits per heavy atom. The number of ether oxygens (including phenoxy) is 1. The second-order valence-corrected chi connectivity index (χ2v) is 10.7. The average Bonchev–Trinajstić information content (AvgIpc) is 3.55. The molecule has 1 saturated heterocycles. The van der Waals surface area contributed by atoms with Crippen LogP contribution in [-0.4, -0.2) is 49.3 Å². The number of amides is 1. The van der Waals surface area contributed by atoms with Gasteiger partial charge in [0.15, 0.2) is 5.13 Å². The fourth-order valence-electron chi connectivity index (χ4n) is 3.36. The van der Waals surface area contributed by atoms with Gasteiger partial charge in [0.05, 0.1) is 18.4 Å². The molecule has 1 unspecified atom stereocenters. The smallest absolute Gasteiger partial charge is 0.337 e. The number of anilines is 1. The Kier molecular flexibility index (Phi) is 6.19. The van der Waals surface area contributed by atoms with Crippen molar-refractivity contribution in [1.29, 1.82) is 0 Å². The molecule has 3 aromatic rings. The number of methoxy groups -OCH3 is 1. The third kappa shape index (κ3) is 4.40. The number of nitrogens with zero attached hydrogens (tertiary/aromatic N) is 2. The van der Waals surface area contributed by atoms with E-state index in [0.29, 0.717) is 35.8 Å². The molecule has 1 amide bonds. The zero-order valence-electron chi connectivity index (χ0n) is 16.5. The Hall–Kier alpha value is -2.60. The van der Waals surface area contributed by atoms with E-state index in [9.17, 15) is 18.0 Å². The van der Waals surface area contributed by atoms with Crippen molar-refractivity contribution in [2.45, 2.75) is 23.1 Å². The lowest BCUT2D eigenvalue weighted by Crippen LogP contribution is -2.42. The molecular weight excluding hydrogens is 458 g/mol. The highest BCUT2D eigenvalue weighted by molar-refractivity contribution is 7.91. The average molecular weight is 478 g/mol. The molecule has 0 radical (unpaired) electrons. The second-order valence-electron chi connectivity index (χ2n) is 6.80. The van der Waals surface area contributed by atoms with Crippen LogP contribution in [0.2, 0.25) is 0 Å². The zero-order chi connectivity index (χ0) is 22.0. The van der Waals surface area contributed by atoms with Gasteiger partial charge < -0.3 is 10.1 Å². The van der Waals surface area contributed by atoms with Gasteiger partial charge in [-0.15, -0.1) is 22.7 Å². The lowest BCUT2D eigenvalue weighted by Gasteiger charge is -2.22. The van der Waals surface area contributed by atoms with Gasteiger partial charge in [-0.1, -0.05) is 18.2 Å². The molecule has 0 saturated carbocycles. The van der Waals surface area contributed by atoms with Gasteiger partial charge in [-0.3, -0.25) is 4.79 Å². The third-order valence-corrected chi connectivity index (χ3v) is 8.94. The fourth-order valence-corrected chi connectivity index (χ4v) is 6.86. The molecule has 31 heavy (non-hydrogen) atoms. The van der Waals surface area contributed by atoms with E-state index in [1.54, 1.807) is 47.2 Å². The van der Waals surface area contributed by atoms with Crippen LogP contribution in [0, 0.1) is 0 Å². The van der Waals surface area contributed by atoms with Crippen LogP contribution in [0.1, 0.15) is 23.2 Å². The molecule has 1 aliphatic rings. The van der Waals surface area contributed by atoms with Gasteiger partial charge in [0, 0.05) is 17.5 Å². The van der Waals surface area contributed by atoms with Gasteiger partial charge in [-0.25, -0.2) is 18.2 Å². The van der Waals surface area contributed by atoms with Gasteiger partial charge >= 0.3 is 5.97 Å². The van der Waals surface area contributed by atoms with Crippen LogP contribution in [-0.2, 0) is 19.6 Å². The highest BCUT2D eigenvalue weighted by atomic mass is 32.2. The van der Waals surface area contributed by atoms with Crippen molar-refractivity contribution in [3.8, 4) is 11.3 Å². The van der Waals surface area contributed by atoms with Gasteiger partial charge in [-0.2, -0.15) is 4.31 Å². The summed E-state index contributed by atoms with van der Waals surface area (Å²) >= 11 is 2.39. The minimum Gasteiger partial charge on any atom is -0.465 e. The van der Waals surface area contributed by atoms with Gasteiger partial charge in [0.25, 0.3) is 10.0 Å². The number of hydrogen-bond acceptors (Lipinski definition) is 8. The molecule has 8 nitrogen and oxygen atoms in total. The minimum atomic E-state index is -3.70.